The lowest BCUT2D eigenvalue weighted by Crippen LogP contribution is -2.53. The van der Waals surface area contributed by atoms with Crippen molar-refractivity contribution in [2.45, 2.75) is 51.8 Å². The highest BCUT2D eigenvalue weighted by Crippen LogP contribution is 2.26. The minimum atomic E-state index is -1.05. The van der Waals surface area contributed by atoms with Crippen molar-refractivity contribution in [1.29, 1.82) is 0 Å². The second-order valence-corrected chi connectivity index (χ2v) is 10.6. The van der Waals surface area contributed by atoms with Gasteiger partial charge < -0.3 is 20.3 Å². The van der Waals surface area contributed by atoms with Crippen molar-refractivity contribution in [3.63, 3.8) is 0 Å². The molecule has 41 heavy (non-hydrogen) atoms. The van der Waals surface area contributed by atoms with E-state index in [1.165, 1.54) is 4.90 Å². The number of nitrogens with one attached hydrogen (secondary N) is 2. The average molecular weight is 552 g/mol. The summed E-state index contributed by atoms with van der Waals surface area (Å²) in [7, 11) is 0. The third kappa shape index (κ3) is 8.84. The van der Waals surface area contributed by atoms with Crippen LogP contribution >= 0.6 is 0 Å². The maximum absolute atomic E-state index is 14.3. The molecule has 212 valence electrons. The van der Waals surface area contributed by atoms with Crippen LogP contribution in [-0.2, 0) is 20.7 Å². The fourth-order valence-electron chi connectivity index (χ4n) is 4.31. The van der Waals surface area contributed by atoms with E-state index in [9.17, 15) is 14.4 Å². The van der Waals surface area contributed by atoms with Crippen LogP contribution < -0.4 is 10.6 Å². The lowest BCUT2D eigenvalue weighted by molar-refractivity contribution is -0.140. The molecule has 0 spiro atoms. The summed E-state index contributed by atoms with van der Waals surface area (Å²) >= 11 is 0. The molecule has 2 atom stereocenters. The smallest absolute Gasteiger partial charge is 0.408 e. The van der Waals surface area contributed by atoms with E-state index in [0.29, 0.717) is 16.8 Å². The number of anilines is 1. The van der Waals surface area contributed by atoms with Gasteiger partial charge in [-0.1, -0.05) is 72.7 Å². The first-order chi connectivity index (χ1) is 19.5. The summed E-state index contributed by atoms with van der Waals surface area (Å²) in [6, 6.07) is 21.6. The van der Waals surface area contributed by atoms with Crippen LogP contribution in [0.1, 0.15) is 49.1 Å². The van der Waals surface area contributed by atoms with Crippen molar-refractivity contribution in [3.05, 3.63) is 114 Å². The Labute approximate surface area is 242 Å². The van der Waals surface area contributed by atoms with Gasteiger partial charge in [-0.25, -0.2) is 4.79 Å². The molecule has 2 N–H and O–H groups in total. The van der Waals surface area contributed by atoms with Crippen LogP contribution in [0.25, 0.3) is 0 Å². The third-order valence-corrected chi connectivity index (χ3v) is 6.24. The highest BCUT2D eigenvalue weighted by Gasteiger charge is 2.36. The molecule has 0 aromatic heterocycles. The fraction of sp³-hybridized carbons (Fsp3) is 0.265. The average Bonchev–Trinajstić information content (AvgIpc) is 2.93. The number of amides is 3. The number of hydrogen-bond acceptors (Lipinski definition) is 4. The van der Waals surface area contributed by atoms with Crippen LogP contribution in [0.15, 0.2) is 91.5 Å². The highest BCUT2D eigenvalue weighted by atomic mass is 16.6. The zero-order valence-corrected chi connectivity index (χ0v) is 24.0. The van der Waals surface area contributed by atoms with Gasteiger partial charge in [0.2, 0.25) is 5.91 Å². The summed E-state index contributed by atoms with van der Waals surface area (Å²) < 4.78 is 5.47. The van der Waals surface area contributed by atoms with Gasteiger partial charge in [0.05, 0.1) is 0 Å². The van der Waals surface area contributed by atoms with Crippen LogP contribution in [0.5, 0.6) is 0 Å². The first kappa shape index (κ1) is 30.7. The van der Waals surface area contributed by atoms with Crippen molar-refractivity contribution in [3.8, 4) is 12.3 Å². The number of rotatable bonds is 10. The molecular weight excluding hydrogens is 514 g/mol. The Balaban J connectivity index is 2.05. The number of hydrogen-bond donors (Lipinski definition) is 2. The second-order valence-electron chi connectivity index (χ2n) is 10.6. The summed E-state index contributed by atoms with van der Waals surface area (Å²) in [4.78, 5) is 42.5. The molecule has 3 amide bonds. The Morgan fingerprint density at radius 1 is 1.00 bits per heavy atom. The molecule has 0 heterocycles. The van der Waals surface area contributed by atoms with Gasteiger partial charge >= 0.3 is 6.09 Å². The normalized spacial score (nSPS) is 12.3. The number of carbonyl (C=O) groups is 3. The summed E-state index contributed by atoms with van der Waals surface area (Å²) in [5.74, 6) is 1.69. The van der Waals surface area contributed by atoms with Gasteiger partial charge in [-0.2, -0.15) is 0 Å². The topological polar surface area (TPSA) is 87.7 Å². The zero-order chi connectivity index (χ0) is 30.0. The van der Waals surface area contributed by atoms with E-state index in [-0.39, 0.29) is 13.0 Å². The van der Waals surface area contributed by atoms with Crippen LogP contribution in [0.3, 0.4) is 0 Å². The third-order valence-electron chi connectivity index (χ3n) is 6.24. The molecule has 2 unspecified atom stereocenters. The van der Waals surface area contributed by atoms with E-state index in [1.807, 2.05) is 55.5 Å². The van der Waals surface area contributed by atoms with Crippen molar-refractivity contribution in [1.82, 2.24) is 10.2 Å². The van der Waals surface area contributed by atoms with E-state index < -0.39 is 35.6 Å². The number of nitrogens with zero attached hydrogens (tertiary/aromatic N) is 1. The van der Waals surface area contributed by atoms with Crippen molar-refractivity contribution in [2.75, 3.05) is 11.9 Å². The number of carbonyl (C=O) groups excluding carboxylic acids is 3. The van der Waals surface area contributed by atoms with Gasteiger partial charge in [-0.05, 0) is 62.6 Å². The second kappa shape index (κ2) is 14.0. The minimum absolute atomic E-state index is 0.0445. The van der Waals surface area contributed by atoms with Gasteiger partial charge in [-0.15, -0.1) is 13.0 Å². The molecule has 0 aliphatic carbocycles. The van der Waals surface area contributed by atoms with Gasteiger partial charge in [0, 0.05) is 24.2 Å². The van der Waals surface area contributed by atoms with Gasteiger partial charge in [0.15, 0.2) is 0 Å². The van der Waals surface area contributed by atoms with E-state index in [0.717, 1.165) is 11.1 Å². The monoisotopic (exact) mass is 551 g/mol. The molecule has 0 aliphatic rings. The molecule has 0 aliphatic heterocycles. The van der Waals surface area contributed by atoms with Crippen molar-refractivity contribution in [2.24, 2.45) is 0 Å². The Hall–Kier alpha value is -4.83. The van der Waals surface area contributed by atoms with Crippen molar-refractivity contribution >= 4 is 23.6 Å². The first-order valence-corrected chi connectivity index (χ1v) is 13.4. The van der Waals surface area contributed by atoms with Crippen molar-refractivity contribution < 1.29 is 19.1 Å². The lowest BCUT2D eigenvalue weighted by Gasteiger charge is -2.34. The first-order valence-electron chi connectivity index (χ1n) is 13.4. The predicted octanol–water partition coefficient (Wildman–Crippen LogP) is 5.81. The SMILES string of the molecule is C#Cc1ccc(C(C(=O)Nc2ccccc2C)N(CC=C)C(=O)C(Cc2ccccc2)NC(=O)OC(C)(C)C)cc1. The van der Waals surface area contributed by atoms with Crippen LogP contribution in [-0.4, -0.2) is 41.0 Å². The Kier molecular flexibility index (Phi) is 10.5. The number of aryl methyl sites for hydroxylation is 1. The standard InChI is InChI=1S/C34H37N3O4/c1-7-22-37(32(39)29(23-26-15-10-9-11-16-26)36-33(40)41-34(4,5)6)30(27-20-18-25(8-2)19-21-27)31(38)35-28-17-13-12-14-24(28)3/h2,7,9-21,29-30H,1,22-23H2,3-6H3,(H,35,38)(H,36,40). The van der Waals surface area contributed by atoms with E-state index in [1.54, 1.807) is 57.2 Å². The Morgan fingerprint density at radius 3 is 2.22 bits per heavy atom. The fourth-order valence-corrected chi connectivity index (χ4v) is 4.31. The number of ether oxygens (including phenoxy) is 1. The summed E-state index contributed by atoms with van der Waals surface area (Å²) in [5, 5.41) is 5.71. The lowest BCUT2D eigenvalue weighted by atomic mass is 9.99. The molecule has 3 rings (SSSR count). The summed E-state index contributed by atoms with van der Waals surface area (Å²) in [6.07, 6.45) is 6.56. The zero-order valence-electron chi connectivity index (χ0n) is 24.0. The molecule has 7 nitrogen and oxygen atoms in total. The molecule has 0 radical (unpaired) electrons. The molecule has 0 saturated carbocycles. The summed E-state index contributed by atoms with van der Waals surface area (Å²) in [6.45, 7) is 11.0. The maximum Gasteiger partial charge on any atom is 0.408 e. The number of alkyl carbamates (subject to hydrolysis) is 1. The van der Waals surface area contributed by atoms with Crippen LogP contribution in [0, 0.1) is 19.3 Å². The van der Waals surface area contributed by atoms with Gasteiger partial charge in [0.1, 0.15) is 17.7 Å². The molecule has 0 saturated heterocycles. The Bertz CT molecular complexity index is 1400. The molecule has 0 bridgehead atoms. The summed E-state index contributed by atoms with van der Waals surface area (Å²) in [5.41, 5.74) is 2.77. The molecule has 0 fully saturated rings. The number of terminal acetylenes is 1. The van der Waals surface area contributed by atoms with E-state index in [4.69, 9.17) is 11.2 Å². The minimum Gasteiger partial charge on any atom is -0.444 e. The number of benzene rings is 3. The quantitative estimate of drug-likeness (QED) is 0.246. The van der Waals surface area contributed by atoms with E-state index >= 15 is 0 Å². The Morgan fingerprint density at radius 2 is 1.63 bits per heavy atom. The largest absolute Gasteiger partial charge is 0.444 e. The highest BCUT2D eigenvalue weighted by molar-refractivity contribution is 5.99. The maximum atomic E-state index is 14.3. The van der Waals surface area contributed by atoms with Gasteiger partial charge in [0.25, 0.3) is 5.91 Å². The van der Waals surface area contributed by atoms with E-state index in [2.05, 4.69) is 23.1 Å². The molecule has 3 aromatic rings. The molecule has 3 aromatic carbocycles. The predicted molar refractivity (Wildman–Crippen MR) is 162 cm³/mol. The number of para-hydroxylation sites is 1. The molecular formula is C34H37N3O4. The molecule has 7 heteroatoms. The van der Waals surface area contributed by atoms with Gasteiger partial charge in [-0.3, -0.25) is 9.59 Å². The van der Waals surface area contributed by atoms with Crippen LogP contribution in [0.4, 0.5) is 10.5 Å². The van der Waals surface area contributed by atoms with Crippen LogP contribution in [0.2, 0.25) is 0 Å².